The van der Waals surface area contributed by atoms with Crippen molar-refractivity contribution in [1.29, 1.82) is 0 Å². The Labute approximate surface area is 134 Å². The van der Waals surface area contributed by atoms with Crippen LogP contribution in [0.4, 0.5) is 5.69 Å². The van der Waals surface area contributed by atoms with Crippen molar-refractivity contribution in [1.82, 2.24) is 0 Å². The largest absolute Gasteiger partial charge is 0.295 e. The summed E-state index contributed by atoms with van der Waals surface area (Å²) < 4.78 is 0. The minimum atomic E-state index is 0.0299. The zero-order chi connectivity index (χ0) is 14.8. The van der Waals surface area contributed by atoms with Gasteiger partial charge in [-0.1, -0.05) is 42.8 Å². The normalized spacial score (nSPS) is 18.3. The topological polar surface area (TPSA) is 20.3 Å². The van der Waals surface area contributed by atoms with Crippen LogP contribution in [-0.4, -0.2) is 11.7 Å². The monoisotopic (exact) mass is 317 g/mol. The number of benzene rings is 2. The number of hydrogen-bond acceptors (Lipinski definition) is 2. The molecule has 0 spiro atoms. The van der Waals surface area contributed by atoms with Gasteiger partial charge in [0.15, 0.2) is 0 Å². The molecule has 2 nitrogen and oxygen atoms in total. The standard InChI is InChI=1S/C17H16ClNOS/c1-2-12-3-9-15(10-4-12)19-16(20)11-21-17(19)13-5-7-14(18)8-6-13/h3-10,17H,2,11H2,1H3/t17-/m0/s1. The summed E-state index contributed by atoms with van der Waals surface area (Å²) in [4.78, 5) is 14.1. The van der Waals surface area contributed by atoms with Gasteiger partial charge < -0.3 is 0 Å². The molecule has 3 rings (SSSR count). The molecule has 1 atom stereocenters. The Balaban J connectivity index is 1.93. The van der Waals surface area contributed by atoms with Crippen LogP contribution in [0.5, 0.6) is 0 Å². The quantitative estimate of drug-likeness (QED) is 0.819. The molecule has 0 bridgehead atoms. The predicted molar refractivity (Wildman–Crippen MR) is 90.0 cm³/mol. The van der Waals surface area contributed by atoms with Crippen LogP contribution in [0.3, 0.4) is 0 Å². The maximum absolute atomic E-state index is 12.3. The number of carbonyl (C=O) groups is 1. The van der Waals surface area contributed by atoms with Gasteiger partial charge in [-0.3, -0.25) is 9.69 Å². The van der Waals surface area contributed by atoms with Crippen LogP contribution in [0.15, 0.2) is 48.5 Å². The Morgan fingerprint density at radius 1 is 1.14 bits per heavy atom. The summed E-state index contributed by atoms with van der Waals surface area (Å²) in [5.74, 6) is 0.673. The van der Waals surface area contributed by atoms with Crippen molar-refractivity contribution in [2.24, 2.45) is 0 Å². The highest BCUT2D eigenvalue weighted by Crippen LogP contribution is 2.41. The lowest BCUT2D eigenvalue weighted by Crippen LogP contribution is -2.27. The fraction of sp³-hybridized carbons (Fsp3) is 0.235. The van der Waals surface area contributed by atoms with Gasteiger partial charge in [-0.25, -0.2) is 0 Å². The highest BCUT2D eigenvalue weighted by Gasteiger charge is 2.33. The lowest BCUT2D eigenvalue weighted by Gasteiger charge is -2.24. The molecular formula is C17H16ClNOS. The van der Waals surface area contributed by atoms with Crippen LogP contribution < -0.4 is 4.90 Å². The summed E-state index contributed by atoms with van der Waals surface area (Å²) >= 11 is 7.60. The molecule has 0 aliphatic carbocycles. The van der Waals surface area contributed by atoms with Gasteiger partial charge in [-0.2, -0.15) is 0 Å². The molecule has 0 radical (unpaired) electrons. The van der Waals surface area contributed by atoms with Crippen LogP contribution in [0.2, 0.25) is 5.02 Å². The number of halogens is 1. The van der Waals surface area contributed by atoms with Crippen molar-refractivity contribution in [3.05, 3.63) is 64.7 Å². The number of amides is 1. The number of rotatable bonds is 3. The predicted octanol–water partition coefficient (Wildman–Crippen LogP) is 4.68. The van der Waals surface area contributed by atoms with Crippen molar-refractivity contribution in [2.45, 2.75) is 18.7 Å². The third-order valence-corrected chi connectivity index (χ3v) is 5.11. The van der Waals surface area contributed by atoms with Gasteiger partial charge in [0.1, 0.15) is 5.37 Å². The molecule has 2 aromatic carbocycles. The Kier molecular flexibility index (Phi) is 4.22. The fourth-order valence-electron chi connectivity index (χ4n) is 2.47. The first-order valence-electron chi connectivity index (χ1n) is 6.97. The van der Waals surface area contributed by atoms with Gasteiger partial charge in [0.2, 0.25) is 5.91 Å². The van der Waals surface area contributed by atoms with Crippen molar-refractivity contribution < 1.29 is 4.79 Å². The van der Waals surface area contributed by atoms with Crippen LogP contribution in [0.1, 0.15) is 23.4 Å². The van der Waals surface area contributed by atoms with E-state index in [-0.39, 0.29) is 11.3 Å². The van der Waals surface area contributed by atoms with Crippen molar-refractivity contribution in [3.63, 3.8) is 0 Å². The molecule has 0 saturated carbocycles. The molecule has 1 saturated heterocycles. The lowest BCUT2D eigenvalue weighted by molar-refractivity contribution is -0.115. The number of hydrogen-bond donors (Lipinski definition) is 0. The number of aryl methyl sites for hydroxylation is 1. The number of nitrogens with zero attached hydrogens (tertiary/aromatic N) is 1. The molecule has 108 valence electrons. The summed E-state index contributed by atoms with van der Waals surface area (Å²) in [5, 5.41) is 0.745. The molecule has 4 heteroatoms. The lowest BCUT2D eigenvalue weighted by atomic mass is 10.1. The summed E-state index contributed by atoms with van der Waals surface area (Å²) in [6, 6.07) is 16.0. The minimum absolute atomic E-state index is 0.0299. The first kappa shape index (κ1) is 14.5. The second kappa shape index (κ2) is 6.12. The van der Waals surface area contributed by atoms with Gasteiger partial charge in [0, 0.05) is 10.7 Å². The van der Waals surface area contributed by atoms with E-state index in [9.17, 15) is 4.79 Å². The first-order valence-corrected chi connectivity index (χ1v) is 8.40. The zero-order valence-corrected chi connectivity index (χ0v) is 13.3. The molecule has 1 heterocycles. The molecule has 1 aliphatic heterocycles. The maximum Gasteiger partial charge on any atom is 0.238 e. The zero-order valence-electron chi connectivity index (χ0n) is 11.8. The van der Waals surface area contributed by atoms with Crippen molar-refractivity contribution in [3.8, 4) is 0 Å². The van der Waals surface area contributed by atoms with E-state index < -0.39 is 0 Å². The van der Waals surface area contributed by atoms with Gasteiger partial charge >= 0.3 is 0 Å². The average molecular weight is 318 g/mol. The molecular weight excluding hydrogens is 302 g/mol. The van der Waals surface area contributed by atoms with Gasteiger partial charge in [0.25, 0.3) is 0 Å². The molecule has 2 aromatic rings. The van der Waals surface area contributed by atoms with E-state index >= 15 is 0 Å². The average Bonchev–Trinajstić information content (AvgIpc) is 2.90. The molecule has 1 amide bonds. The number of thioether (sulfide) groups is 1. The van der Waals surface area contributed by atoms with E-state index in [2.05, 4.69) is 19.1 Å². The van der Waals surface area contributed by atoms with Gasteiger partial charge in [-0.05, 0) is 41.8 Å². The molecule has 1 aliphatic rings. The van der Waals surface area contributed by atoms with E-state index in [1.807, 2.05) is 41.3 Å². The van der Waals surface area contributed by atoms with E-state index in [0.717, 1.165) is 17.7 Å². The van der Waals surface area contributed by atoms with E-state index in [0.29, 0.717) is 10.8 Å². The van der Waals surface area contributed by atoms with Gasteiger partial charge in [0.05, 0.1) is 5.75 Å². The van der Waals surface area contributed by atoms with Crippen LogP contribution >= 0.6 is 23.4 Å². The molecule has 0 N–H and O–H groups in total. The van der Waals surface area contributed by atoms with E-state index in [1.54, 1.807) is 11.8 Å². The van der Waals surface area contributed by atoms with Crippen LogP contribution in [0.25, 0.3) is 0 Å². The molecule has 0 unspecified atom stereocenters. The highest BCUT2D eigenvalue weighted by atomic mass is 35.5. The summed E-state index contributed by atoms with van der Waals surface area (Å²) in [6.07, 6.45) is 1.00. The van der Waals surface area contributed by atoms with Crippen molar-refractivity contribution in [2.75, 3.05) is 10.7 Å². The third kappa shape index (κ3) is 2.94. The highest BCUT2D eigenvalue weighted by molar-refractivity contribution is 8.00. The Bertz CT molecular complexity index is 639. The second-order valence-electron chi connectivity index (χ2n) is 5.00. The molecule has 0 aromatic heterocycles. The van der Waals surface area contributed by atoms with Crippen LogP contribution in [0, 0.1) is 0 Å². The van der Waals surface area contributed by atoms with E-state index in [1.165, 1.54) is 5.56 Å². The summed E-state index contributed by atoms with van der Waals surface area (Å²) in [7, 11) is 0. The number of anilines is 1. The Morgan fingerprint density at radius 2 is 1.81 bits per heavy atom. The van der Waals surface area contributed by atoms with Gasteiger partial charge in [-0.15, -0.1) is 11.8 Å². The Hall–Kier alpha value is -1.45. The summed E-state index contributed by atoms with van der Waals surface area (Å²) in [5.41, 5.74) is 3.35. The smallest absolute Gasteiger partial charge is 0.238 e. The second-order valence-corrected chi connectivity index (χ2v) is 6.50. The van der Waals surface area contributed by atoms with Crippen LogP contribution in [-0.2, 0) is 11.2 Å². The maximum atomic E-state index is 12.3. The minimum Gasteiger partial charge on any atom is -0.295 e. The molecule has 1 fully saturated rings. The first-order chi connectivity index (χ1) is 10.2. The van der Waals surface area contributed by atoms with E-state index in [4.69, 9.17) is 11.6 Å². The Morgan fingerprint density at radius 3 is 2.43 bits per heavy atom. The van der Waals surface area contributed by atoms with Crippen molar-refractivity contribution >= 4 is 35.0 Å². The fourth-order valence-corrected chi connectivity index (χ4v) is 3.77. The number of carbonyl (C=O) groups excluding carboxylic acids is 1. The third-order valence-electron chi connectivity index (χ3n) is 3.65. The summed E-state index contributed by atoms with van der Waals surface area (Å²) in [6.45, 7) is 2.13. The molecule has 21 heavy (non-hydrogen) atoms. The SMILES string of the molecule is CCc1ccc(N2C(=O)CS[C@H]2c2ccc(Cl)cc2)cc1.